The lowest BCUT2D eigenvalue weighted by Gasteiger charge is -2.27. The number of hydrogen-bond acceptors (Lipinski definition) is 8. The molecule has 0 atom stereocenters. The monoisotopic (exact) mass is 479 g/mol. The molecule has 0 bridgehead atoms. The van der Waals surface area contributed by atoms with Gasteiger partial charge in [-0.2, -0.15) is 10.1 Å². The smallest absolute Gasteiger partial charge is 0.238 e. The van der Waals surface area contributed by atoms with Crippen molar-refractivity contribution in [3.8, 4) is 11.3 Å². The minimum atomic E-state index is -3.78. The van der Waals surface area contributed by atoms with Crippen LogP contribution in [0.5, 0.6) is 0 Å². The molecule has 0 aliphatic carbocycles. The first-order valence-corrected chi connectivity index (χ1v) is 12.4. The number of ether oxygens (including phenoxy) is 1. The zero-order valence-electron chi connectivity index (χ0n) is 18.9. The maximum absolute atomic E-state index is 11.8. The molecule has 3 heterocycles. The van der Waals surface area contributed by atoms with Crippen molar-refractivity contribution in [1.29, 1.82) is 0 Å². The highest BCUT2D eigenvalue weighted by Gasteiger charge is 2.18. The van der Waals surface area contributed by atoms with E-state index in [0.717, 1.165) is 22.2 Å². The Morgan fingerprint density at radius 1 is 1.06 bits per heavy atom. The number of nitrogens with one attached hydrogen (secondary N) is 1. The second-order valence-corrected chi connectivity index (χ2v) is 9.76. The van der Waals surface area contributed by atoms with Crippen molar-refractivity contribution in [2.24, 2.45) is 12.2 Å². The van der Waals surface area contributed by atoms with E-state index in [1.54, 1.807) is 19.1 Å². The molecule has 1 aliphatic rings. The van der Waals surface area contributed by atoms with Crippen molar-refractivity contribution >= 4 is 38.4 Å². The van der Waals surface area contributed by atoms with Gasteiger partial charge in [-0.15, -0.1) is 0 Å². The summed E-state index contributed by atoms with van der Waals surface area (Å²) >= 11 is 0. The van der Waals surface area contributed by atoms with Crippen LogP contribution in [0.3, 0.4) is 0 Å². The van der Waals surface area contributed by atoms with E-state index in [2.05, 4.69) is 21.4 Å². The summed E-state index contributed by atoms with van der Waals surface area (Å²) in [6, 6.07) is 12.9. The molecule has 0 unspecified atom stereocenters. The Morgan fingerprint density at radius 3 is 2.59 bits per heavy atom. The first kappa shape index (κ1) is 22.3. The topological polar surface area (TPSA) is 128 Å². The van der Waals surface area contributed by atoms with Gasteiger partial charge in [-0.3, -0.25) is 4.68 Å². The third kappa shape index (κ3) is 4.45. The highest BCUT2D eigenvalue weighted by molar-refractivity contribution is 7.89. The van der Waals surface area contributed by atoms with Crippen LogP contribution in [0.1, 0.15) is 5.56 Å². The van der Waals surface area contributed by atoms with Crippen LogP contribution in [-0.4, -0.2) is 54.5 Å². The lowest BCUT2D eigenvalue weighted by molar-refractivity contribution is 0.122. The molecule has 11 heteroatoms. The first-order valence-electron chi connectivity index (χ1n) is 10.8. The van der Waals surface area contributed by atoms with Crippen molar-refractivity contribution in [1.82, 2.24) is 19.7 Å². The van der Waals surface area contributed by atoms with Gasteiger partial charge in [0.1, 0.15) is 5.82 Å². The summed E-state index contributed by atoms with van der Waals surface area (Å²) in [6.07, 6.45) is 1.83. The number of hydrogen-bond donors (Lipinski definition) is 2. The number of primary sulfonamides is 1. The summed E-state index contributed by atoms with van der Waals surface area (Å²) < 4.78 is 30.8. The molecule has 0 radical (unpaired) electrons. The van der Waals surface area contributed by atoms with Crippen molar-refractivity contribution in [3.63, 3.8) is 0 Å². The average Bonchev–Trinajstić information content (AvgIpc) is 3.19. The molecule has 1 aliphatic heterocycles. The van der Waals surface area contributed by atoms with Gasteiger partial charge in [0.15, 0.2) is 0 Å². The normalized spacial score (nSPS) is 14.5. The second kappa shape index (κ2) is 8.67. The predicted octanol–water partition coefficient (Wildman–Crippen LogP) is 2.57. The number of sulfonamides is 1. The average molecular weight is 480 g/mol. The lowest BCUT2D eigenvalue weighted by atomic mass is 10.1. The first-order chi connectivity index (χ1) is 16.3. The minimum absolute atomic E-state index is 0.0971. The Kier molecular flexibility index (Phi) is 5.68. The molecule has 0 saturated carbocycles. The Morgan fingerprint density at radius 2 is 1.85 bits per heavy atom. The van der Waals surface area contributed by atoms with Crippen LogP contribution in [-0.2, 0) is 21.8 Å². The zero-order valence-corrected chi connectivity index (χ0v) is 19.7. The third-order valence-corrected chi connectivity index (χ3v) is 6.88. The van der Waals surface area contributed by atoms with Gasteiger partial charge in [0, 0.05) is 42.8 Å². The number of fused-ring (bicyclic) bond motifs is 1. The standard InChI is InChI=1S/C23H25N7O3S/c1-15-11-18(5-6-21(15)34(24,31)32)26-22-13-19(27-23(28-22)30-7-9-33-10-8-30)16-3-4-17-14-25-29(2)20(17)12-16/h3-6,11-14H,7-10H2,1-2H3,(H2,24,31,32)(H,26,27,28). The zero-order chi connectivity index (χ0) is 23.9. The van der Waals surface area contributed by atoms with E-state index >= 15 is 0 Å². The minimum Gasteiger partial charge on any atom is -0.378 e. The highest BCUT2D eigenvalue weighted by atomic mass is 32.2. The summed E-state index contributed by atoms with van der Waals surface area (Å²) in [5.41, 5.74) is 3.96. The third-order valence-electron chi connectivity index (χ3n) is 5.81. The summed E-state index contributed by atoms with van der Waals surface area (Å²) in [6.45, 7) is 4.34. The van der Waals surface area contributed by atoms with Gasteiger partial charge in [-0.25, -0.2) is 18.5 Å². The number of benzene rings is 2. The number of aryl methyl sites for hydroxylation is 2. The largest absolute Gasteiger partial charge is 0.378 e. The number of nitrogens with two attached hydrogens (primary N) is 1. The number of aromatic nitrogens is 4. The van der Waals surface area contributed by atoms with Crippen molar-refractivity contribution in [2.45, 2.75) is 11.8 Å². The molecule has 5 rings (SSSR count). The van der Waals surface area contributed by atoms with Crippen molar-refractivity contribution in [3.05, 3.63) is 54.2 Å². The van der Waals surface area contributed by atoms with Crippen LogP contribution in [0, 0.1) is 6.92 Å². The molecule has 1 saturated heterocycles. The molecule has 10 nitrogen and oxygen atoms in total. The maximum atomic E-state index is 11.8. The fourth-order valence-corrected chi connectivity index (χ4v) is 4.81. The van der Waals surface area contributed by atoms with Gasteiger partial charge in [0.2, 0.25) is 16.0 Å². The molecular formula is C23H25N7O3S. The Labute approximate surface area is 197 Å². The molecule has 1 fully saturated rings. The van der Waals surface area contributed by atoms with Crippen LogP contribution in [0.4, 0.5) is 17.5 Å². The van der Waals surface area contributed by atoms with Crippen molar-refractivity contribution in [2.75, 3.05) is 36.5 Å². The summed E-state index contributed by atoms with van der Waals surface area (Å²) in [4.78, 5) is 11.8. The number of morpholine rings is 1. The van der Waals surface area contributed by atoms with Crippen LogP contribution in [0.2, 0.25) is 0 Å². The van der Waals surface area contributed by atoms with Crippen molar-refractivity contribution < 1.29 is 13.2 Å². The summed E-state index contributed by atoms with van der Waals surface area (Å²) in [5, 5.41) is 14.0. The van der Waals surface area contributed by atoms with E-state index in [4.69, 9.17) is 19.8 Å². The molecule has 2 aromatic heterocycles. The molecule has 3 N–H and O–H groups in total. The molecular weight excluding hydrogens is 454 g/mol. The summed E-state index contributed by atoms with van der Waals surface area (Å²) in [5.74, 6) is 1.20. The van der Waals surface area contributed by atoms with E-state index in [1.165, 1.54) is 6.07 Å². The molecule has 2 aromatic carbocycles. The second-order valence-electron chi connectivity index (χ2n) is 8.23. The molecule has 176 valence electrons. The number of anilines is 3. The summed E-state index contributed by atoms with van der Waals surface area (Å²) in [7, 11) is -1.87. The van der Waals surface area contributed by atoms with E-state index in [1.807, 2.05) is 36.1 Å². The molecule has 4 aromatic rings. The van der Waals surface area contributed by atoms with Gasteiger partial charge >= 0.3 is 0 Å². The van der Waals surface area contributed by atoms with E-state index in [-0.39, 0.29) is 4.90 Å². The fraction of sp³-hybridized carbons (Fsp3) is 0.261. The fourth-order valence-electron chi connectivity index (χ4n) is 4.05. The lowest BCUT2D eigenvalue weighted by Crippen LogP contribution is -2.37. The van der Waals surface area contributed by atoms with Crippen LogP contribution in [0.25, 0.3) is 22.2 Å². The van der Waals surface area contributed by atoms with Crippen LogP contribution < -0.4 is 15.4 Å². The molecule has 0 spiro atoms. The quantitative estimate of drug-likeness (QED) is 0.447. The maximum Gasteiger partial charge on any atom is 0.238 e. The Bertz CT molecular complexity index is 1480. The Balaban J connectivity index is 1.56. The number of nitrogens with zero attached hydrogens (tertiary/aromatic N) is 5. The van der Waals surface area contributed by atoms with E-state index in [9.17, 15) is 8.42 Å². The van der Waals surface area contributed by atoms with Crippen LogP contribution in [0.15, 0.2) is 53.6 Å². The van der Waals surface area contributed by atoms with Gasteiger partial charge in [0.25, 0.3) is 0 Å². The van der Waals surface area contributed by atoms with E-state index in [0.29, 0.717) is 49.3 Å². The SMILES string of the molecule is Cc1cc(Nc2cc(-c3ccc4cnn(C)c4c3)nc(N3CCOCC3)n2)ccc1S(N)(=O)=O. The Hall–Kier alpha value is -3.54. The molecule has 34 heavy (non-hydrogen) atoms. The van der Waals surface area contributed by atoms with Gasteiger partial charge in [-0.05, 0) is 36.8 Å². The van der Waals surface area contributed by atoms with Gasteiger partial charge in [-0.1, -0.05) is 12.1 Å². The predicted molar refractivity (Wildman–Crippen MR) is 131 cm³/mol. The van der Waals surface area contributed by atoms with E-state index < -0.39 is 10.0 Å². The highest BCUT2D eigenvalue weighted by Crippen LogP contribution is 2.28. The van der Waals surface area contributed by atoms with Crippen LogP contribution >= 0.6 is 0 Å². The van der Waals surface area contributed by atoms with Gasteiger partial charge in [0.05, 0.1) is 35.5 Å². The number of rotatable bonds is 5. The van der Waals surface area contributed by atoms with Gasteiger partial charge < -0.3 is 15.0 Å². The molecule has 0 amide bonds.